The monoisotopic (exact) mass is 410 g/mol. The molecule has 0 N–H and O–H groups in total. The van der Waals surface area contributed by atoms with E-state index in [2.05, 4.69) is 10.3 Å². The average molecular weight is 411 g/mol. The summed E-state index contributed by atoms with van der Waals surface area (Å²) in [5, 5.41) is 8.78. The maximum absolute atomic E-state index is 13.2. The smallest absolute Gasteiger partial charge is 0.362 e. The molecule has 0 atom stereocenters. The minimum absolute atomic E-state index is 0.106. The molecule has 0 amide bonds. The summed E-state index contributed by atoms with van der Waals surface area (Å²) in [6.07, 6.45) is 0. The van der Waals surface area contributed by atoms with Crippen molar-refractivity contribution in [1.82, 2.24) is 19.4 Å². The zero-order chi connectivity index (χ0) is 20.5. The molecule has 0 aliphatic carbocycles. The highest BCUT2D eigenvalue weighted by Crippen LogP contribution is 2.17. The Morgan fingerprint density at radius 1 is 1.10 bits per heavy atom. The number of halogens is 1. The van der Waals surface area contributed by atoms with E-state index in [0.717, 1.165) is 0 Å². The van der Waals surface area contributed by atoms with Crippen LogP contribution in [0.3, 0.4) is 0 Å². The van der Waals surface area contributed by atoms with Crippen LogP contribution >= 0.6 is 11.6 Å². The Bertz CT molecular complexity index is 1310. The minimum Gasteiger partial charge on any atom is -0.461 e. The van der Waals surface area contributed by atoms with Crippen LogP contribution in [0.15, 0.2) is 53.3 Å². The number of Topliss-reactive ketones (excluding diaryl/α,β-unsaturated/α-hetero) is 1. The van der Waals surface area contributed by atoms with Gasteiger partial charge in [-0.2, -0.15) is 4.52 Å². The van der Waals surface area contributed by atoms with Crippen LogP contribution in [-0.2, 0) is 11.3 Å². The van der Waals surface area contributed by atoms with Gasteiger partial charge < -0.3 is 4.74 Å². The number of rotatable bonds is 5. The van der Waals surface area contributed by atoms with E-state index < -0.39 is 11.5 Å². The van der Waals surface area contributed by atoms with E-state index in [1.54, 1.807) is 55.5 Å². The van der Waals surface area contributed by atoms with Gasteiger partial charge in [-0.3, -0.25) is 14.2 Å². The number of hydrogen-bond acceptors (Lipinski definition) is 6. The van der Waals surface area contributed by atoms with Crippen LogP contribution in [0.25, 0.3) is 16.6 Å². The van der Waals surface area contributed by atoms with Crippen molar-refractivity contribution in [2.45, 2.75) is 13.5 Å². The van der Waals surface area contributed by atoms with Gasteiger partial charge in [-0.05, 0) is 43.3 Å². The number of hydrogen-bond donors (Lipinski definition) is 0. The Kier molecular flexibility index (Phi) is 4.85. The second-order valence-corrected chi connectivity index (χ2v) is 6.67. The summed E-state index contributed by atoms with van der Waals surface area (Å²) in [5.41, 5.74) is 0.417. The number of ether oxygens (including phenoxy) is 1. The van der Waals surface area contributed by atoms with Crippen molar-refractivity contribution >= 4 is 39.9 Å². The highest BCUT2D eigenvalue weighted by atomic mass is 35.5. The molecule has 0 spiro atoms. The molecule has 2 aromatic heterocycles. The molecule has 29 heavy (non-hydrogen) atoms. The summed E-state index contributed by atoms with van der Waals surface area (Å²) >= 11 is 5.88. The Morgan fingerprint density at radius 2 is 1.83 bits per heavy atom. The Morgan fingerprint density at radius 3 is 2.55 bits per heavy atom. The summed E-state index contributed by atoms with van der Waals surface area (Å²) in [6, 6.07) is 13.1. The SMILES string of the molecule is CCOC(=O)c1nnn2c3ccccc3c(=O)n(CC(=O)c3ccc(Cl)cc3)c12. The van der Waals surface area contributed by atoms with Gasteiger partial charge in [0.05, 0.1) is 24.1 Å². The van der Waals surface area contributed by atoms with Crippen molar-refractivity contribution in [2.75, 3.05) is 6.61 Å². The lowest BCUT2D eigenvalue weighted by atomic mass is 10.1. The minimum atomic E-state index is -0.718. The van der Waals surface area contributed by atoms with E-state index in [1.165, 1.54) is 9.08 Å². The number of nitrogens with zero attached hydrogens (tertiary/aromatic N) is 4. The molecule has 0 saturated carbocycles. The van der Waals surface area contributed by atoms with Gasteiger partial charge in [-0.1, -0.05) is 28.9 Å². The fourth-order valence-electron chi connectivity index (χ4n) is 3.11. The van der Waals surface area contributed by atoms with Crippen molar-refractivity contribution in [3.05, 3.63) is 75.2 Å². The number of fused-ring (bicyclic) bond motifs is 3. The van der Waals surface area contributed by atoms with E-state index in [9.17, 15) is 14.4 Å². The molecule has 0 fully saturated rings. The first-order valence-corrected chi connectivity index (χ1v) is 9.22. The molecule has 8 nitrogen and oxygen atoms in total. The quantitative estimate of drug-likeness (QED) is 0.371. The van der Waals surface area contributed by atoms with Gasteiger partial charge in [0.15, 0.2) is 11.4 Å². The summed E-state index contributed by atoms with van der Waals surface area (Å²) in [4.78, 5) is 38.3. The van der Waals surface area contributed by atoms with Gasteiger partial charge in [0.1, 0.15) is 0 Å². The van der Waals surface area contributed by atoms with Gasteiger partial charge in [-0.15, -0.1) is 5.10 Å². The third kappa shape index (κ3) is 3.27. The molecule has 2 heterocycles. The van der Waals surface area contributed by atoms with E-state index in [-0.39, 0.29) is 30.3 Å². The van der Waals surface area contributed by atoms with Crippen molar-refractivity contribution in [1.29, 1.82) is 0 Å². The molecule has 0 unspecified atom stereocenters. The van der Waals surface area contributed by atoms with Gasteiger partial charge in [-0.25, -0.2) is 4.79 Å². The molecule has 146 valence electrons. The van der Waals surface area contributed by atoms with Crippen LogP contribution in [0.4, 0.5) is 0 Å². The molecule has 0 aliphatic heterocycles. The summed E-state index contributed by atoms with van der Waals surface area (Å²) in [5.74, 6) is -1.04. The van der Waals surface area contributed by atoms with E-state index in [0.29, 0.717) is 21.5 Å². The lowest BCUT2D eigenvalue weighted by Gasteiger charge is -2.11. The molecule has 2 aromatic carbocycles. The largest absolute Gasteiger partial charge is 0.461 e. The highest BCUT2D eigenvalue weighted by Gasteiger charge is 2.24. The molecule has 0 aliphatic rings. The molecule has 4 rings (SSSR count). The number of carbonyl (C=O) groups excluding carboxylic acids is 2. The van der Waals surface area contributed by atoms with Crippen LogP contribution in [0.1, 0.15) is 27.8 Å². The van der Waals surface area contributed by atoms with Gasteiger partial charge in [0.25, 0.3) is 5.56 Å². The topological polar surface area (TPSA) is 95.6 Å². The van der Waals surface area contributed by atoms with Gasteiger partial charge >= 0.3 is 5.97 Å². The van der Waals surface area contributed by atoms with Crippen LogP contribution in [-0.4, -0.2) is 37.8 Å². The zero-order valence-electron chi connectivity index (χ0n) is 15.3. The predicted molar refractivity (Wildman–Crippen MR) is 106 cm³/mol. The van der Waals surface area contributed by atoms with Crippen molar-refractivity contribution in [3.8, 4) is 0 Å². The van der Waals surface area contributed by atoms with Gasteiger partial charge in [0.2, 0.25) is 5.69 Å². The number of aromatic nitrogens is 4. The number of benzene rings is 2. The molecule has 4 aromatic rings. The molecule has 0 radical (unpaired) electrons. The number of ketones is 1. The average Bonchev–Trinajstić information content (AvgIpc) is 3.17. The Balaban J connectivity index is 1.94. The van der Waals surface area contributed by atoms with E-state index in [4.69, 9.17) is 16.3 Å². The zero-order valence-corrected chi connectivity index (χ0v) is 16.1. The second kappa shape index (κ2) is 7.48. The first-order valence-electron chi connectivity index (χ1n) is 8.84. The first kappa shape index (κ1) is 18.8. The van der Waals surface area contributed by atoms with E-state index >= 15 is 0 Å². The van der Waals surface area contributed by atoms with Gasteiger partial charge in [0, 0.05) is 10.6 Å². The maximum atomic E-state index is 13.2. The lowest BCUT2D eigenvalue weighted by molar-refractivity contribution is 0.0520. The van der Waals surface area contributed by atoms with Crippen LogP contribution in [0.5, 0.6) is 0 Å². The third-order valence-corrected chi connectivity index (χ3v) is 4.70. The maximum Gasteiger partial charge on any atom is 0.362 e. The third-order valence-electron chi connectivity index (χ3n) is 4.45. The van der Waals surface area contributed by atoms with Crippen LogP contribution < -0.4 is 5.56 Å². The predicted octanol–water partition coefficient (Wildman–Crippen LogP) is 2.76. The fourth-order valence-corrected chi connectivity index (χ4v) is 3.24. The van der Waals surface area contributed by atoms with Crippen molar-refractivity contribution < 1.29 is 14.3 Å². The Labute approximate surface area is 169 Å². The van der Waals surface area contributed by atoms with E-state index in [1.807, 2.05) is 0 Å². The first-order chi connectivity index (χ1) is 14.0. The number of carbonyl (C=O) groups is 2. The molecule has 0 bridgehead atoms. The summed E-state index contributed by atoms with van der Waals surface area (Å²) in [7, 11) is 0. The van der Waals surface area contributed by atoms with Crippen LogP contribution in [0, 0.1) is 0 Å². The molecular weight excluding hydrogens is 396 g/mol. The normalized spacial score (nSPS) is 11.1. The molecule has 0 saturated heterocycles. The van der Waals surface area contributed by atoms with Crippen molar-refractivity contribution in [3.63, 3.8) is 0 Å². The Hall–Kier alpha value is -3.52. The number of para-hydroxylation sites is 1. The second-order valence-electron chi connectivity index (χ2n) is 6.23. The highest BCUT2D eigenvalue weighted by molar-refractivity contribution is 6.30. The van der Waals surface area contributed by atoms with Crippen LogP contribution in [0.2, 0.25) is 5.02 Å². The molecular formula is C20H15ClN4O4. The van der Waals surface area contributed by atoms with Crippen molar-refractivity contribution in [2.24, 2.45) is 0 Å². The number of esters is 1. The summed E-state index contributed by atoms with van der Waals surface area (Å²) in [6.45, 7) is 1.50. The summed E-state index contributed by atoms with van der Waals surface area (Å²) < 4.78 is 7.61. The standard InChI is InChI=1S/C20H15ClN4O4/c1-2-29-20(28)17-18-24(11-16(26)12-7-9-13(21)10-8-12)19(27)14-5-3-4-6-15(14)25(18)23-22-17/h3-10H,2,11H2,1H3. The lowest BCUT2D eigenvalue weighted by Crippen LogP contribution is -2.27. The fraction of sp³-hybridized carbons (Fsp3) is 0.150. The molecule has 9 heteroatoms.